The van der Waals surface area contributed by atoms with Gasteiger partial charge in [0.05, 0.1) is 30.6 Å². The van der Waals surface area contributed by atoms with E-state index in [9.17, 15) is 9.90 Å². The Morgan fingerprint density at radius 1 is 1.47 bits per heavy atom. The molecule has 1 amide bonds. The SMILES string of the molecule is CC(C)(C)OC(=O)N1CC(CO)Nc2ccccc21. The number of hydrogen-bond acceptors (Lipinski definition) is 4. The lowest BCUT2D eigenvalue weighted by Gasteiger charge is -2.35. The number of carbonyl (C=O) groups excluding carboxylic acids is 1. The number of benzene rings is 1. The fraction of sp³-hybridized carbons (Fsp3) is 0.500. The third-order valence-corrected chi connectivity index (χ3v) is 2.79. The van der Waals surface area contributed by atoms with Crippen LogP contribution in [0.1, 0.15) is 20.8 Å². The molecular weight excluding hydrogens is 244 g/mol. The summed E-state index contributed by atoms with van der Waals surface area (Å²) in [6.45, 7) is 5.86. The molecule has 0 bridgehead atoms. The van der Waals surface area contributed by atoms with Crippen molar-refractivity contribution in [1.29, 1.82) is 0 Å². The van der Waals surface area contributed by atoms with Gasteiger partial charge in [0.1, 0.15) is 5.60 Å². The van der Waals surface area contributed by atoms with E-state index in [1.165, 1.54) is 0 Å². The number of fused-ring (bicyclic) bond motifs is 1. The molecule has 0 saturated carbocycles. The van der Waals surface area contributed by atoms with Crippen molar-refractivity contribution in [2.24, 2.45) is 0 Å². The Morgan fingerprint density at radius 2 is 2.16 bits per heavy atom. The molecule has 0 saturated heterocycles. The summed E-state index contributed by atoms with van der Waals surface area (Å²) in [5, 5.41) is 12.5. The first-order chi connectivity index (χ1) is 8.90. The van der Waals surface area contributed by atoms with Gasteiger partial charge in [-0.3, -0.25) is 4.90 Å². The van der Waals surface area contributed by atoms with Gasteiger partial charge in [-0.15, -0.1) is 0 Å². The standard InChI is InChI=1S/C14H20N2O3/c1-14(2,3)19-13(18)16-8-10(9-17)15-11-6-4-5-7-12(11)16/h4-7,10,15,17H,8-9H2,1-3H3. The van der Waals surface area contributed by atoms with Crippen LogP contribution < -0.4 is 10.2 Å². The molecule has 0 aliphatic carbocycles. The molecule has 1 aromatic rings. The van der Waals surface area contributed by atoms with Gasteiger partial charge in [0.15, 0.2) is 0 Å². The number of aliphatic hydroxyl groups excluding tert-OH is 1. The molecule has 0 spiro atoms. The Balaban J connectivity index is 2.27. The zero-order chi connectivity index (χ0) is 14.0. The normalized spacial score (nSPS) is 18.5. The lowest BCUT2D eigenvalue weighted by Crippen LogP contribution is -2.48. The summed E-state index contributed by atoms with van der Waals surface area (Å²) in [5.41, 5.74) is 1.08. The van der Waals surface area contributed by atoms with Crippen molar-refractivity contribution in [2.45, 2.75) is 32.4 Å². The lowest BCUT2D eigenvalue weighted by atomic mass is 10.1. The second-order valence-corrected chi connectivity index (χ2v) is 5.63. The predicted octanol–water partition coefficient (Wildman–Crippen LogP) is 2.21. The van der Waals surface area contributed by atoms with Crippen molar-refractivity contribution in [1.82, 2.24) is 0 Å². The van der Waals surface area contributed by atoms with Gasteiger partial charge >= 0.3 is 6.09 Å². The number of ether oxygens (including phenoxy) is 1. The molecule has 5 heteroatoms. The minimum atomic E-state index is -0.536. The molecule has 1 atom stereocenters. The molecule has 19 heavy (non-hydrogen) atoms. The molecule has 1 aliphatic heterocycles. The largest absolute Gasteiger partial charge is 0.443 e. The van der Waals surface area contributed by atoms with Gasteiger partial charge in [0.2, 0.25) is 0 Å². The second-order valence-electron chi connectivity index (χ2n) is 5.63. The minimum absolute atomic E-state index is 0.0341. The summed E-state index contributed by atoms with van der Waals surface area (Å²) in [4.78, 5) is 13.8. The van der Waals surface area contributed by atoms with Gasteiger partial charge in [0, 0.05) is 0 Å². The topological polar surface area (TPSA) is 61.8 Å². The Morgan fingerprint density at radius 3 is 2.79 bits per heavy atom. The number of carbonyl (C=O) groups is 1. The first-order valence-electron chi connectivity index (χ1n) is 6.37. The van der Waals surface area contributed by atoms with Crippen LogP contribution in [-0.4, -0.2) is 36.0 Å². The van der Waals surface area contributed by atoms with Gasteiger partial charge in [-0.25, -0.2) is 4.79 Å². The smallest absolute Gasteiger partial charge is 0.414 e. The number of nitrogens with zero attached hydrogens (tertiary/aromatic N) is 1. The van der Waals surface area contributed by atoms with E-state index in [1.807, 2.05) is 45.0 Å². The highest BCUT2D eigenvalue weighted by Gasteiger charge is 2.30. The van der Waals surface area contributed by atoms with Crippen molar-refractivity contribution in [3.05, 3.63) is 24.3 Å². The van der Waals surface area contributed by atoms with Gasteiger partial charge < -0.3 is 15.2 Å². The Kier molecular flexibility index (Phi) is 3.66. The van der Waals surface area contributed by atoms with Crippen LogP contribution in [0.5, 0.6) is 0 Å². The van der Waals surface area contributed by atoms with E-state index in [-0.39, 0.29) is 18.7 Å². The van der Waals surface area contributed by atoms with Crippen LogP contribution in [0.3, 0.4) is 0 Å². The third kappa shape index (κ3) is 3.17. The summed E-state index contributed by atoms with van der Waals surface area (Å²) < 4.78 is 5.40. The quantitative estimate of drug-likeness (QED) is 0.816. The third-order valence-electron chi connectivity index (χ3n) is 2.79. The number of rotatable bonds is 1. The molecular formula is C14H20N2O3. The molecule has 1 aliphatic rings. The highest BCUT2D eigenvalue weighted by atomic mass is 16.6. The van der Waals surface area contributed by atoms with Crippen LogP contribution >= 0.6 is 0 Å². The molecule has 2 N–H and O–H groups in total. The highest BCUT2D eigenvalue weighted by molar-refractivity contribution is 5.93. The van der Waals surface area contributed by atoms with Crippen LogP contribution in [-0.2, 0) is 4.74 Å². The predicted molar refractivity (Wildman–Crippen MR) is 74.5 cm³/mol. The van der Waals surface area contributed by atoms with E-state index >= 15 is 0 Å². The van der Waals surface area contributed by atoms with Gasteiger partial charge in [-0.1, -0.05) is 12.1 Å². The Hall–Kier alpha value is -1.75. The zero-order valence-electron chi connectivity index (χ0n) is 11.5. The van der Waals surface area contributed by atoms with Gasteiger partial charge in [0.25, 0.3) is 0 Å². The van der Waals surface area contributed by atoms with E-state index in [1.54, 1.807) is 4.90 Å². The Labute approximate surface area is 113 Å². The molecule has 2 rings (SSSR count). The molecule has 0 fully saturated rings. The van der Waals surface area contributed by atoms with Crippen molar-refractivity contribution < 1.29 is 14.6 Å². The number of para-hydroxylation sites is 2. The average molecular weight is 264 g/mol. The van der Waals surface area contributed by atoms with Crippen molar-refractivity contribution in [2.75, 3.05) is 23.4 Å². The highest BCUT2D eigenvalue weighted by Crippen LogP contribution is 2.31. The summed E-state index contributed by atoms with van der Waals surface area (Å²) in [7, 11) is 0. The van der Waals surface area contributed by atoms with Gasteiger partial charge in [-0.05, 0) is 32.9 Å². The van der Waals surface area contributed by atoms with Crippen molar-refractivity contribution in [3.63, 3.8) is 0 Å². The monoisotopic (exact) mass is 264 g/mol. The maximum absolute atomic E-state index is 12.2. The van der Waals surface area contributed by atoms with Crippen LogP contribution in [0.15, 0.2) is 24.3 Å². The molecule has 1 heterocycles. The molecule has 5 nitrogen and oxygen atoms in total. The zero-order valence-corrected chi connectivity index (χ0v) is 11.5. The maximum Gasteiger partial charge on any atom is 0.414 e. The van der Waals surface area contributed by atoms with Crippen LogP contribution in [0.2, 0.25) is 0 Å². The molecule has 0 radical (unpaired) electrons. The molecule has 0 aromatic heterocycles. The summed E-state index contributed by atoms with van der Waals surface area (Å²) in [6, 6.07) is 7.33. The molecule has 104 valence electrons. The first kappa shape index (κ1) is 13.7. The molecule has 1 aromatic carbocycles. The van der Waals surface area contributed by atoms with Crippen LogP contribution in [0.4, 0.5) is 16.2 Å². The lowest BCUT2D eigenvalue weighted by molar-refractivity contribution is 0.0575. The van der Waals surface area contributed by atoms with Crippen LogP contribution in [0.25, 0.3) is 0 Å². The van der Waals surface area contributed by atoms with E-state index in [0.29, 0.717) is 6.54 Å². The molecule has 1 unspecified atom stereocenters. The summed E-state index contributed by atoms with van der Waals surface area (Å²) in [6.07, 6.45) is -0.389. The Bertz CT molecular complexity index is 468. The van der Waals surface area contributed by atoms with Gasteiger partial charge in [-0.2, -0.15) is 0 Å². The number of nitrogens with one attached hydrogen (secondary N) is 1. The van der Waals surface area contributed by atoms with E-state index in [4.69, 9.17) is 4.74 Å². The summed E-state index contributed by atoms with van der Waals surface area (Å²) >= 11 is 0. The van der Waals surface area contributed by atoms with Crippen molar-refractivity contribution >= 4 is 17.5 Å². The summed E-state index contributed by atoms with van der Waals surface area (Å²) in [5.74, 6) is 0. The second kappa shape index (κ2) is 5.09. The number of amides is 1. The fourth-order valence-electron chi connectivity index (χ4n) is 2.01. The van der Waals surface area contributed by atoms with Crippen molar-refractivity contribution in [3.8, 4) is 0 Å². The number of anilines is 2. The fourth-order valence-corrected chi connectivity index (χ4v) is 2.01. The van der Waals surface area contributed by atoms with E-state index in [0.717, 1.165) is 11.4 Å². The average Bonchev–Trinajstić information content (AvgIpc) is 2.35. The first-order valence-corrected chi connectivity index (χ1v) is 6.37. The number of hydrogen-bond donors (Lipinski definition) is 2. The van der Waals surface area contributed by atoms with Crippen LogP contribution in [0, 0.1) is 0 Å². The van der Waals surface area contributed by atoms with E-state index in [2.05, 4.69) is 5.32 Å². The number of aliphatic hydroxyl groups is 1. The maximum atomic E-state index is 12.2. The van der Waals surface area contributed by atoms with E-state index < -0.39 is 5.60 Å². The minimum Gasteiger partial charge on any atom is -0.443 e.